The summed E-state index contributed by atoms with van der Waals surface area (Å²) in [6.45, 7) is 3.04. The number of carbonyl (C=O) groups excluding carboxylic acids is 2. The van der Waals surface area contributed by atoms with Gasteiger partial charge < -0.3 is 4.74 Å². The molecule has 0 fully saturated rings. The molecule has 0 aliphatic carbocycles. The van der Waals surface area contributed by atoms with Crippen LogP contribution in [0.3, 0.4) is 0 Å². The third kappa shape index (κ3) is 1.60. The number of methoxy groups -OCH3 is 1. The molecule has 18 heavy (non-hydrogen) atoms. The summed E-state index contributed by atoms with van der Waals surface area (Å²) in [6, 6.07) is 0. The molecule has 0 atom stereocenters. The molecule has 0 amide bonds. The van der Waals surface area contributed by atoms with Crippen LogP contribution < -0.4 is 5.56 Å². The van der Waals surface area contributed by atoms with Crippen molar-refractivity contribution in [3.63, 3.8) is 0 Å². The van der Waals surface area contributed by atoms with Crippen molar-refractivity contribution >= 4 is 17.4 Å². The fourth-order valence-electron chi connectivity index (χ4n) is 1.80. The summed E-state index contributed by atoms with van der Waals surface area (Å²) in [7, 11) is 1.18. The van der Waals surface area contributed by atoms with Crippen LogP contribution in [-0.2, 0) is 4.74 Å². The molecule has 0 aliphatic heterocycles. The molecule has 0 saturated carbocycles. The number of Topliss-reactive ketones (excluding diaryl/α,β-unsaturated/α-hetero) is 1. The molecule has 2 aromatic heterocycles. The Bertz CT molecular complexity index is 711. The Balaban J connectivity index is 2.83. The molecular formula is C11H11N3O4. The highest BCUT2D eigenvalue weighted by Crippen LogP contribution is 2.12. The summed E-state index contributed by atoms with van der Waals surface area (Å²) in [6.07, 6.45) is 1.11. The van der Waals surface area contributed by atoms with E-state index in [0.717, 1.165) is 10.7 Å². The van der Waals surface area contributed by atoms with E-state index in [-0.39, 0.29) is 17.0 Å². The maximum Gasteiger partial charge on any atom is 0.345 e. The smallest absolute Gasteiger partial charge is 0.345 e. The van der Waals surface area contributed by atoms with Gasteiger partial charge in [-0.1, -0.05) is 0 Å². The SMILES string of the molecule is COC(=O)c1cnc2c(C(C)=O)c(C)[nH]n2c1=O. The molecule has 94 valence electrons. The molecule has 2 rings (SSSR count). The Kier molecular flexibility index (Phi) is 2.74. The quantitative estimate of drug-likeness (QED) is 0.611. The van der Waals surface area contributed by atoms with Crippen molar-refractivity contribution in [3.05, 3.63) is 33.4 Å². The average Bonchev–Trinajstić information content (AvgIpc) is 2.66. The Labute approximate surface area is 101 Å². The number of H-pyrrole nitrogens is 1. The number of esters is 1. The molecular weight excluding hydrogens is 238 g/mol. The maximum atomic E-state index is 12.0. The number of aromatic amines is 1. The lowest BCUT2D eigenvalue weighted by molar-refractivity contribution is 0.0597. The number of hydrogen-bond donors (Lipinski definition) is 1. The highest BCUT2D eigenvalue weighted by Gasteiger charge is 2.19. The molecule has 0 unspecified atom stereocenters. The van der Waals surface area contributed by atoms with Gasteiger partial charge in [-0.3, -0.25) is 14.7 Å². The van der Waals surface area contributed by atoms with Crippen LogP contribution in [0.2, 0.25) is 0 Å². The van der Waals surface area contributed by atoms with Crippen molar-refractivity contribution in [2.24, 2.45) is 0 Å². The van der Waals surface area contributed by atoms with Crippen LogP contribution in [0.15, 0.2) is 11.0 Å². The van der Waals surface area contributed by atoms with Crippen molar-refractivity contribution in [1.82, 2.24) is 14.6 Å². The number of hydrogen-bond acceptors (Lipinski definition) is 5. The van der Waals surface area contributed by atoms with E-state index in [9.17, 15) is 14.4 Å². The van der Waals surface area contributed by atoms with Gasteiger partial charge in [-0.05, 0) is 13.8 Å². The molecule has 2 heterocycles. The van der Waals surface area contributed by atoms with Crippen molar-refractivity contribution in [2.75, 3.05) is 7.11 Å². The second kappa shape index (κ2) is 4.10. The summed E-state index contributed by atoms with van der Waals surface area (Å²) >= 11 is 0. The summed E-state index contributed by atoms with van der Waals surface area (Å²) in [5, 5.41) is 2.71. The first kappa shape index (κ1) is 12.0. The molecule has 7 heteroatoms. The third-order valence-electron chi connectivity index (χ3n) is 2.60. The minimum atomic E-state index is -0.765. The number of carbonyl (C=O) groups is 2. The van der Waals surface area contributed by atoms with Crippen molar-refractivity contribution in [2.45, 2.75) is 13.8 Å². The fraction of sp³-hybridized carbons (Fsp3) is 0.273. The van der Waals surface area contributed by atoms with Gasteiger partial charge in [0.2, 0.25) is 0 Å². The van der Waals surface area contributed by atoms with Gasteiger partial charge in [-0.2, -0.15) is 4.52 Å². The third-order valence-corrected chi connectivity index (χ3v) is 2.60. The van der Waals surface area contributed by atoms with Gasteiger partial charge >= 0.3 is 5.97 Å². The monoisotopic (exact) mass is 249 g/mol. The predicted molar refractivity (Wildman–Crippen MR) is 61.9 cm³/mol. The van der Waals surface area contributed by atoms with E-state index in [2.05, 4.69) is 14.8 Å². The second-order valence-corrected chi connectivity index (χ2v) is 3.80. The van der Waals surface area contributed by atoms with Crippen molar-refractivity contribution < 1.29 is 14.3 Å². The molecule has 0 saturated heterocycles. The van der Waals surface area contributed by atoms with Gasteiger partial charge in [-0.15, -0.1) is 0 Å². The Hall–Kier alpha value is -2.44. The van der Waals surface area contributed by atoms with Crippen LogP contribution >= 0.6 is 0 Å². The Morgan fingerprint density at radius 1 is 1.44 bits per heavy atom. The largest absolute Gasteiger partial charge is 0.465 e. The number of aromatic nitrogens is 3. The van der Waals surface area contributed by atoms with Crippen LogP contribution in [0.4, 0.5) is 0 Å². The molecule has 0 bridgehead atoms. The summed E-state index contributed by atoms with van der Waals surface area (Å²) < 4.78 is 5.55. The predicted octanol–water partition coefficient (Wildman–Crippen LogP) is 0.320. The zero-order valence-corrected chi connectivity index (χ0v) is 10.1. The summed E-state index contributed by atoms with van der Waals surface area (Å²) in [4.78, 5) is 38.8. The standard InChI is InChI=1S/C11H11N3O4/c1-5-8(6(2)15)9-12-4-7(11(17)18-3)10(16)14(9)13-5/h4,13H,1-3H3. The number of nitrogens with zero attached hydrogens (tertiary/aromatic N) is 2. The van der Waals surface area contributed by atoms with E-state index in [0.29, 0.717) is 11.3 Å². The van der Waals surface area contributed by atoms with E-state index in [4.69, 9.17) is 0 Å². The highest BCUT2D eigenvalue weighted by atomic mass is 16.5. The molecule has 0 spiro atoms. The number of aryl methyl sites for hydroxylation is 1. The second-order valence-electron chi connectivity index (χ2n) is 3.80. The first-order valence-corrected chi connectivity index (χ1v) is 5.17. The first-order valence-electron chi connectivity index (χ1n) is 5.17. The van der Waals surface area contributed by atoms with Crippen molar-refractivity contribution in [1.29, 1.82) is 0 Å². The normalized spacial score (nSPS) is 10.6. The molecule has 0 radical (unpaired) electrons. The number of fused-ring (bicyclic) bond motifs is 1. The van der Waals surface area contributed by atoms with E-state index < -0.39 is 11.5 Å². The molecule has 2 aromatic rings. The lowest BCUT2D eigenvalue weighted by atomic mass is 10.2. The van der Waals surface area contributed by atoms with E-state index in [1.807, 2.05) is 0 Å². The first-order chi connectivity index (χ1) is 8.47. The lowest BCUT2D eigenvalue weighted by Crippen LogP contribution is -2.24. The minimum Gasteiger partial charge on any atom is -0.465 e. The Morgan fingerprint density at radius 2 is 2.11 bits per heavy atom. The van der Waals surface area contributed by atoms with Crippen molar-refractivity contribution in [3.8, 4) is 0 Å². The lowest BCUT2D eigenvalue weighted by Gasteiger charge is -1.99. The van der Waals surface area contributed by atoms with Crippen LogP contribution in [0.5, 0.6) is 0 Å². The number of ether oxygens (including phenoxy) is 1. The molecule has 0 aliphatic rings. The molecule has 0 aromatic carbocycles. The highest BCUT2D eigenvalue weighted by molar-refractivity contribution is 6.01. The topological polar surface area (TPSA) is 93.5 Å². The van der Waals surface area contributed by atoms with Gasteiger partial charge in [-0.25, -0.2) is 9.78 Å². The Morgan fingerprint density at radius 3 is 2.67 bits per heavy atom. The number of rotatable bonds is 2. The average molecular weight is 249 g/mol. The number of ketones is 1. The van der Waals surface area contributed by atoms with Crippen LogP contribution in [-0.4, -0.2) is 33.5 Å². The molecule has 7 nitrogen and oxygen atoms in total. The molecule has 1 N–H and O–H groups in total. The van der Waals surface area contributed by atoms with Gasteiger partial charge in [0.05, 0.1) is 12.7 Å². The minimum absolute atomic E-state index is 0.189. The summed E-state index contributed by atoms with van der Waals surface area (Å²) in [5.74, 6) is -0.970. The fourth-order valence-corrected chi connectivity index (χ4v) is 1.80. The maximum absolute atomic E-state index is 12.0. The van der Waals surface area contributed by atoms with E-state index in [1.165, 1.54) is 14.0 Å². The van der Waals surface area contributed by atoms with Gasteiger partial charge in [0.1, 0.15) is 5.56 Å². The van der Waals surface area contributed by atoms with Gasteiger partial charge in [0, 0.05) is 11.9 Å². The van der Waals surface area contributed by atoms with E-state index >= 15 is 0 Å². The van der Waals surface area contributed by atoms with Gasteiger partial charge in [0.25, 0.3) is 5.56 Å². The van der Waals surface area contributed by atoms with Crippen LogP contribution in [0.1, 0.15) is 33.3 Å². The zero-order valence-electron chi connectivity index (χ0n) is 10.1. The number of nitrogens with one attached hydrogen (secondary N) is 1. The van der Waals surface area contributed by atoms with Crippen LogP contribution in [0, 0.1) is 6.92 Å². The zero-order chi connectivity index (χ0) is 13.4. The van der Waals surface area contributed by atoms with Gasteiger partial charge in [0.15, 0.2) is 11.4 Å². The van der Waals surface area contributed by atoms with E-state index in [1.54, 1.807) is 6.92 Å². The van der Waals surface area contributed by atoms with Crippen LogP contribution in [0.25, 0.3) is 5.65 Å². The summed E-state index contributed by atoms with van der Waals surface area (Å²) in [5.41, 5.74) is 0.282.